The summed E-state index contributed by atoms with van der Waals surface area (Å²) in [6.07, 6.45) is 5.41. The Morgan fingerprint density at radius 2 is 2.00 bits per heavy atom. The number of aryl methyl sites for hydroxylation is 2. The van der Waals surface area contributed by atoms with Gasteiger partial charge in [0.1, 0.15) is 11.6 Å². The summed E-state index contributed by atoms with van der Waals surface area (Å²) in [5.74, 6) is 1.88. The van der Waals surface area contributed by atoms with E-state index >= 15 is 0 Å². The molecule has 0 spiro atoms. The van der Waals surface area contributed by atoms with E-state index < -0.39 is 0 Å². The summed E-state index contributed by atoms with van der Waals surface area (Å²) in [7, 11) is 0. The third-order valence-corrected chi connectivity index (χ3v) is 3.86. The van der Waals surface area contributed by atoms with E-state index in [1.807, 2.05) is 24.3 Å². The Bertz CT molecular complexity index is 580. The van der Waals surface area contributed by atoms with Crippen LogP contribution in [0.25, 0.3) is 5.65 Å². The standard InChI is InChI=1S/C13H19N5/c1-9-7-11-16-17-12(18(11)10(2)15-9)8-13(14)5-3-4-6-13/h7H,3-6,8,14H2,1-2H3. The molecule has 0 saturated heterocycles. The van der Waals surface area contributed by atoms with Crippen molar-refractivity contribution in [1.82, 2.24) is 19.6 Å². The number of hydrogen-bond donors (Lipinski definition) is 1. The van der Waals surface area contributed by atoms with E-state index in [4.69, 9.17) is 5.73 Å². The molecular weight excluding hydrogens is 226 g/mol. The highest BCUT2D eigenvalue weighted by atomic mass is 15.3. The summed E-state index contributed by atoms with van der Waals surface area (Å²) in [5, 5.41) is 8.53. The van der Waals surface area contributed by atoms with Crippen molar-refractivity contribution in [2.75, 3.05) is 0 Å². The summed E-state index contributed by atoms with van der Waals surface area (Å²) in [6.45, 7) is 3.97. The maximum Gasteiger partial charge on any atom is 0.164 e. The van der Waals surface area contributed by atoms with Gasteiger partial charge in [-0.1, -0.05) is 12.8 Å². The Morgan fingerprint density at radius 1 is 1.28 bits per heavy atom. The monoisotopic (exact) mass is 245 g/mol. The van der Waals surface area contributed by atoms with Gasteiger partial charge in [-0.15, -0.1) is 10.2 Å². The number of nitrogens with two attached hydrogens (primary N) is 1. The average Bonchev–Trinajstić information content (AvgIpc) is 2.86. The van der Waals surface area contributed by atoms with Crippen molar-refractivity contribution in [2.45, 2.75) is 51.5 Å². The van der Waals surface area contributed by atoms with Crippen LogP contribution in [0, 0.1) is 13.8 Å². The van der Waals surface area contributed by atoms with Crippen LogP contribution < -0.4 is 5.73 Å². The zero-order valence-corrected chi connectivity index (χ0v) is 11.0. The summed E-state index contributed by atoms with van der Waals surface area (Å²) in [4.78, 5) is 4.47. The molecule has 1 aliphatic rings. The number of rotatable bonds is 2. The molecule has 1 fully saturated rings. The van der Waals surface area contributed by atoms with Crippen molar-refractivity contribution < 1.29 is 0 Å². The largest absolute Gasteiger partial charge is 0.325 e. The molecule has 2 heterocycles. The highest BCUT2D eigenvalue weighted by molar-refractivity contribution is 5.40. The molecule has 0 unspecified atom stereocenters. The average molecular weight is 245 g/mol. The van der Waals surface area contributed by atoms with Gasteiger partial charge in [0.05, 0.1) is 0 Å². The molecule has 0 amide bonds. The maximum atomic E-state index is 6.42. The van der Waals surface area contributed by atoms with Crippen LogP contribution in [0.4, 0.5) is 0 Å². The van der Waals surface area contributed by atoms with Crippen LogP contribution in [0.15, 0.2) is 6.07 Å². The molecule has 0 aromatic carbocycles. The second kappa shape index (κ2) is 4.02. The lowest BCUT2D eigenvalue weighted by atomic mass is 9.94. The van der Waals surface area contributed by atoms with E-state index in [1.54, 1.807) is 0 Å². The first kappa shape index (κ1) is 11.6. The van der Waals surface area contributed by atoms with Crippen LogP contribution in [0.5, 0.6) is 0 Å². The fourth-order valence-electron chi connectivity index (χ4n) is 2.99. The smallest absolute Gasteiger partial charge is 0.164 e. The van der Waals surface area contributed by atoms with Gasteiger partial charge in [0.2, 0.25) is 0 Å². The first-order valence-electron chi connectivity index (χ1n) is 6.55. The van der Waals surface area contributed by atoms with E-state index in [9.17, 15) is 0 Å². The molecule has 1 aliphatic carbocycles. The van der Waals surface area contributed by atoms with Crippen molar-refractivity contribution in [3.8, 4) is 0 Å². The normalized spacial score (nSPS) is 18.6. The van der Waals surface area contributed by atoms with Crippen molar-refractivity contribution >= 4 is 5.65 Å². The fourth-order valence-corrected chi connectivity index (χ4v) is 2.99. The van der Waals surface area contributed by atoms with Gasteiger partial charge in [0.25, 0.3) is 0 Å². The lowest BCUT2D eigenvalue weighted by Gasteiger charge is -2.22. The molecule has 2 aromatic heterocycles. The van der Waals surface area contributed by atoms with Gasteiger partial charge in [0.15, 0.2) is 5.65 Å². The summed E-state index contributed by atoms with van der Waals surface area (Å²) >= 11 is 0. The Morgan fingerprint density at radius 3 is 2.72 bits per heavy atom. The van der Waals surface area contributed by atoms with Crippen molar-refractivity contribution in [3.05, 3.63) is 23.4 Å². The van der Waals surface area contributed by atoms with Gasteiger partial charge in [-0.2, -0.15) is 0 Å². The van der Waals surface area contributed by atoms with Crippen LogP contribution in [-0.4, -0.2) is 25.1 Å². The molecule has 18 heavy (non-hydrogen) atoms. The zero-order valence-electron chi connectivity index (χ0n) is 11.0. The highest BCUT2D eigenvalue weighted by Gasteiger charge is 2.31. The predicted molar refractivity (Wildman–Crippen MR) is 69.3 cm³/mol. The minimum Gasteiger partial charge on any atom is -0.325 e. The number of fused-ring (bicyclic) bond motifs is 1. The van der Waals surface area contributed by atoms with Gasteiger partial charge in [0, 0.05) is 23.7 Å². The first-order chi connectivity index (χ1) is 8.57. The topological polar surface area (TPSA) is 69.1 Å². The van der Waals surface area contributed by atoms with Crippen LogP contribution in [-0.2, 0) is 6.42 Å². The molecule has 0 aliphatic heterocycles. The molecule has 5 nitrogen and oxygen atoms in total. The number of nitrogens with zero attached hydrogens (tertiary/aromatic N) is 4. The van der Waals surface area contributed by atoms with E-state index in [1.165, 1.54) is 12.8 Å². The predicted octanol–water partition coefficient (Wildman–Crippen LogP) is 1.56. The van der Waals surface area contributed by atoms with Gasteiger partial charge in [-0.3, -0.25) is 4.40 Å². The summed E-state index contributed by atoms with van der Waals surface area (Å²) in [5.41, 5.74) is 8.17. The van der Waals surface area contributed by atoms with Crippen LogP contribution in [0.1, 0.15) is 43.0 Å². The van der Waals surface area contributed by atoms with E-state index in [-0.39, 0.29) is 5.54 Å². The van der Waals surface area contributed by atoms with Crippen LogP contribution >= 0.6 is 0 Å². The second-order valence-corrected chi connectivity index (χ2v) is 5.50. The molecule has 2 aromatic rings. The minimum absolute atomic E-state index is 0.0969. The third kappa shape index (κ3) is 1.88. The van der Waals surface area contributed by atoms with Crippen LogP contribution in [0.2, 0.25) is 0 Å². The molecule has 0 bridgehead atoms. The lowest BCUT2D eigenvalue weighted by Crippen LogP contribution is -2.39. The van der Waals surface area contributed by atoms with Crippen LogP contribution in [0.3, 0.4) is 0 Å². The molecule has 0 atom stereocenters. The quantitative estimate of drug-likeness (QED) is 0.871. The molecule has 5 heteroatoms. The summed E-state index contributed by atoms with van der Waals surface area (Å²) < 4.78 is 2.03. The maximum absolute atomic E-state index is 6.42. The van der Waals surface area contributed by atoms with Gasteiger partial charge < -0.3 is 5.73 Å². The fraction of sp³-hybridized carbons (Fsp3) is 0.615. The Kier molecular flexibility index (Phi) is 2.59. The van der Waals surface area contributed by atoms with E-state index in [2.05, 4.69) is 15.2 Å². The van der Waals surface area contributed by atoms with Gasteiger partial charge in [-0.25, -0.2) is 4.98 Å². The Labute approximate surface area is 106 Å². The third-order valence-electron chi connectivity index (χ3n) is 3.86. The molecule has 2 N–H and O–H groups in total. The first-order valence-corrected chi connectivity index (χ1v) is 6.55. The van der Waals surface area contributed by atoms with Crippen molar-refractivity contribution in [3.63, 3.8) is 0 Å². The Hall–Kier alpha value is -1.49. The van der Waals surface area contributed by atoms with Crippen molar-refractivity contribution in [1.29, 1.82) is 0 Å². The van der Waals surface area contributed by atoms with Gasteiger partial charge in [-0.05, 0) is 26.7 Å². The molecule has 0 radical (unpaired) electrons. The Balaban J connectivity index is 2.02. The lowest BCUT2D eigenvalue weighted by molar-refractivity contribution is 0.424. The van der Waals surface area contributed by atoms with Gasteiger partial charge >= 0.3 is 0 Å². The number of aromatic nitrogens is 4. The molecule has 3 rings (SSSR count). The van der Waals surface area contributed by atoms with E-state index in [0.29, 0.717) is 0 Å². The minimum atomic E-state index is -0.0969. The SMILES string of the molecule is Cc1cc2nnc(CC3(N)CCCC3)n2c(C)n1. The summed E-state index contributed by atoms with van der Waals surface area (Å²) in [6, 6.07) is 1.96. The molecular formula is C13H19N5. The van der Waals surface area contributed by atoms with E-state index in [0.717, 1.165) is 42.3 Å². The molecule has 1 saturated carbocycles. The van der Waals surface area contributed by atoms with Crippen molar-refractivity contribution in [2.24, 2.45) is 5.73 Å². The highest BCUT2D eigenvalue weighted by Crippen LogP contribution is 2.30. The number of hydrogen-bond acceptors (Lipinski definition) is 4. The molecule has 96 valence electrons. The second-order valence-electron chi connectivity index (χ2n) is 5.50. The zero-order chi connectivity index (χ0) is 12.8.